The van der Waals surface area contributed by atoms with E-state index in [0.29, 0.717) is 30.3 Å². The summed E-state index contributed by atoms with van der Waals surface area (Å²) in [5, 5.41) is 6.13. The van der Waals surface area contributed by atoms with Crippen LogP contribution in [0, 0.1) is 28.6 Å². The number of rotatable bonds is 3. The highest BCUT2D eigenvalue weighted by Crippen LogP contribution is 2.63. The van der Waals surface area contributed by atoms with Gasteiger partial charge in [0, 0.05) is 31.1 Å². The molecule has 28 heavy (non-hydrogen) atoms. The maximum Gasteiger partial charge on any atom is 0.315 e. The number of urea groups is 1. The van der Waals surface area contributed by atoms with Gasteiger partial charge in [0.05, 0.1) is 0 Å². The summed E-state index contributed by atoms with van der Waals surface area (Å²) in [6.45, 7) is 8.95. The smallest absolute Gasteiger partial charge is 0.315 e. The molecule has 3 fully saturated rings. The zero-order valence-electron chi connectivity index (χ0n) is 17.5. The number of hydrogen-bond donors (Lipinski definition) is 2. The lowest BCUT2D eigenvalue weighted by Gasteiger charge is -2.60. The van der Waals surface area contributed by atoms with Gasteiger partial charge < -0.3 is 15.5 Å². The molecule has 5 heteroatoms. The largest absolute Gasteiger partial charge is 0.338 e. The number of hydrogen-bond acceptors (Lipinski definition) is 2. The highest BCUT2D eigenvalue weighted by Gasteiger charge is 2.60. The van der Waals surface area contributed by atoms with Gasteiger partial charge in [-0.15, -0.1) is 6.58 Å². The van der Waals surface area contributed by atoms with E-state index in [0.717, 1.165) is 19.3 Å². The van der Waals surface area contributed by atoms with E-state index in [1.165, 1.54) is 19.3 Å². The van der Waals surface area contributed by atoms with Gasteiger partial charge in [0.15, 0.2) is 0 Å². The first kappa shape index (κ1) is 19.5. The van der Waals surface area contributed by atoms with Gasteiger partial charge in [0.2, 0.25) is 5.91 Å². The average molecular weight is 386 g/mol. The lowest BCUT2D eigenvalue weighted by atomic mass is 9.48. The molecular formula is C23H35N3O2. The molecule has 1 heterocycles. The zero-order chi connectivity index (χ0) is 20.1. The number of carbonyl (C=O) groups is 2. The van der Waals surface area contributed by atoms with Crippen molar-refractivity contribution in [2.24, 2.45) is 28.6 Å². The lowest BCUT2D eigenvalue weighted by Crippen LogP contribution is -2.60. The van der Waals surface area contributed by atoms with Crippen LogP contribution in [0.2, 0.25) is 0 Å². The van der Waals surface area contributed by atoms with Crippen LogP contribution < -0.4 is 10.6 Å². The topological polar surface area (TPSA) is 61.4 Å². The minimum atomic E-state index is -0.0695. The van der Waals surface area contributed by atoms with E-state index in [2.05, 4.69) is 37.1 Å². The maximum atomic E-state index is 12.2. The van der Waals surface area contributed by atoms with Gasteiger partial charge in [0.25, 0.3) is 0 Å². The van der Waals surface area contributed by atoms with Crippen LogP contribution in [-0.2, 0) is 4.79 Å². The zero-order valence-corrected chi connectivity index (χ0v) is 17.5. The fourth-order valence-corrected chi connectivity index (χ4v) is 7.35. The molecule has 5 nitrogen and oxygen atoms in total. The second-order valence-electron chi connectivity index (χ2n) is 9.94. The van der Waals surface area contributed by atoms with Crippen molar-refractivity contribution in [3.63, 3.8) is 0 Å². The third-order valence-corrected chi connectivity index (χ3v) is 8.84. The molecule has 3 amide bonds. The van der Waals surface area contributed by atoms with Gasteiger partial charge >= 0.3 is 6.03 Å². The fraction of sp³-hybridized carbons (Fsp3) is 0.739. The summed E-state index contributed by atoms with van der Waals surface area (Å²) in [4.78, 5) is 26.4. The summed E-state index contributed by atoms with van der Waals surface area (Å²) in [7, 11) is 1.97. The summed E-state index contributed by atoms with van der Waals surface area (Å²) in [5.41, 5.74) is 0.260. The summed E-state index contributed by atoms with van der Waals surface area (Å²) < 4.78 is 0. The molecule has 0 radical (unpaired) electrons. The van der Waals surface area contributed by atoms with Crippen molar-refractivity contribution in [1.82, 2.24) is 15.5 Å². The monoisotopic (exact) mass is 385 g/mol. The molecule has 1 aliphatic heterocycles. The summed E-state index contributed by atoms with van der Waals surface area (Å²) in [6.07, 6.45) is 12.6. The molecule has 7 atom stereocenters. The van der Waals surface area contributed by atoms with Gasteiger partial charge in [-0.3, -0.25) is 4.79 Å². The van der Waals surface area contributed by atoms with Crippen LogP contribution in [0.15, 0.2) is 24.8 Å². The maximum absolute atomic E-state index is 12.2. The molecule has 154 valence electrons. The van der Waals surface area contributed by atoms with Crippen molar-refractivity contribution in [2.75, 3.05) is 13.6 Å². The first-order valence-electron chi connectivity index (χ1n) is 10.9. The van der Waals surface area contributed by atoms with Gasteiger partial charge in [0.1, 0.15) is 0 Å². The van der Waals surface area contributed by atoms with Gasteiger partial charge in [-0.2, -0.15) is 0 Å². The third kappa shape index (κ3) is 2.81. The van der Waals surface area contributed by atoms with E-state index in [-0.39, 0.29) is 28.8 Å². The number of amides is 3. The molecule has 3 aliphatic carbocycles. The first-order chi connectivity index (χ1) is 13.3. The first-order valence-corrected chi connectivity index (χ1v) is 10.9. The highest BCUT2D eigenvalue weighted by atomic mass is 16.2. The standard InChI is InChI=1S/C23H35N3O2/c1-5-14-24-21(28)25-18-8-7-16-15-6-9-19-23(3,13-11-20(27)26(19)4)17(15)10-12-22(16,18)2/h5,11,13,15-19H,1,6-10,12,14H2,2-4H3,(H2,24,25,28)/t15-,16-,17-,18?,19+,22-,23+/m0/s1. The van der Waals surface area contributed by atoms with E-state index in [1.807, 2.05) is 11.9 Å². The Morgan fingerprint density at radius 3 is 2.79 bits per heavy atom. The lowest BCUT2D eigenvalue weighted by molar-refractivity contribution is -0.138. The molecule has 2 N–H and O–H groups in total. The Bertz CT molecular complexity index is 704. The predicted molar refractivity (Wildman–Crippen MR) is 111 cm³/mol. The van der Waals surface area contributed by atoms with Crippen LogP contribution >= 0.6 is 0 Å². The van der Waals surface area contributed by atoms with E-state index >= 15 is 0 Å². The van der Waals surface area contributed by atoms with Gasteiger partial charge in [-0.05, 0) is 67.8 Å². The Morgan fingerprint density at radius 1 is 1.25 bits per heavy atom. The van der Waals surface area contributed by atoms with Crippen molar-refractivity contribution in [3.05, 3.63) is 24.8 Å². The second kappa shape index (κ2) is 6.93. The van der Waals surface area contributed by atoms with Gasteiger partial charge in [-0.25, -0.2) is 4.79 Å². The Morgan fingerprint density at radius 2 is 2.04 bits per heavy atom. The molecule has 0 aromatic carbocycles. The molecular weight excluding hydrogens is 350 g/mol. The molecule has 0 aromatic rings. The van der Waals surface area contributed by atoms with Crippen LogP contribution in [0.1, 0.15) is 52.4 Å². The van der Waals surface area contributed by atoms with Crippen molar-refractivity contribution >= 4 is 11.9 Å². The molecule has 0 spiro atoms. The predicted octanol–water partition coefficient (Wildman–Crippen LogP) is 3.48. The number of carbonyl (C=O) groups excluding carboxylic acids is 2. The normalized spacial score (nSPS) is 44.3. The minimum absolute atomic E-state index is 0.0695. The average Bonchev–Trinajstić information content (AvgIpc) is 3.00. The minimum Gasteiger partial charge on any atom is -0.338 e. The van der Waals surface area contributed by atoms with Crippen molar-refractivity contribution in [2.45, 2.75) is 64.5 Å². The highest BCUT2D eigenvalue weighted by molar-refractivity contribution is 5.89. The number of nitrogens with one attached hydrogen (secondary N) is 2. The molecule has 0 aromatic heterocycles. The summed E-state index contributed by atoms with van der Waals surface area (Å²) >= 11 is 0. The SMILES string of the molecule is C=CCNC(=O)NC1CC[C@H]2[C@@H]3CC[C@H]4N(C)C(=O)C=C[C@]4(C)[C@H]3CC[C@]12C. The number of likely N-dealkylation sites (N-methyl/N-ethyl adjacent to an activating group) is 1. The Labute approximate surface area is 169 Å². The molecule has 4 rings (SSSR count). The molecule has 0 bridgehead atoms. The van der Waals surface area contributed by atoms with Crippen molar-refractivity contribution in [3.8, 4) is 0 Å². The quantitative estimate of drug-likeness (QED) is 0.731. The number of fused-ring (bicyclic) bond motifs is 5. The molecule has 3 saturated carbocycles. The van der Waals surface area contributed by atoms with E-state index in [1.54, 1.807) is 12.2 Å². The Kier molecular flexibility index (Phi) is 4.83. The Balaban J connectivity index is 1.53. The van der Waals surface area contributed by atoms with Crippen molar-refractivity contribution < 1.29 is 9.59 Å². The third-order valence-electron chi connectivity index (χ3n) is 8.84. The van der Waals surface area contributed by atoms with Crippen molar-refractivity contribution in [1.29, 1.82) is 0 Å². The molecule has 1 unspecified atom stereocenters. The van der Waals surface area contributed by atoms with E-state index in [4.69, 9.17) is 0 Å². The van der Waals surface area contributed by atoms with Gasteiger partial charge in [-0.1, -0.05) is 26.0 Å². The van der Waals surface area contributed by atoms with Crippen LogP contribution in [0.25, 0.3) is 0 Å². The summed E-state index contributed by atoms with van der Waals surface area (Å²) in [6, 6.07) is 0.510. The van der Waals surface area contributed by atoms with E-state index < -0.39 is 0 Å². The van der Waals surface area contributed by atoms with Crippen LogP contribution in [-0.4, -0.2) is 42.5 Å². The molecule has 4 aliphatic rings. The summed E-state index contributed by atoms with van der Waals surface area (Å²) in [5.74, 6) is 2.13. The fourth-order valence-electron chi connectivity index (χ4n) is 7.35. The molecule has 0 saturated heterocycles. The number of nitrogens with zero attached hydrogens (tertiary/aromatic N) is 1. The van der Waals surface area contributed by atoms with Crippen LogP contribution in [0.5, 0.6) is 0 Å². The second-order valence-corrected chi connectivity index (χ2v) is 9.94. The van der Waals surface area contributed by atoms with Crippen LogP contribution in [0.3, 0.4) is 0 Å². The van der Waals surface area contributed by atoms with Crippen LogP contribution in [0.4, 0.5) is 4.79 Å². The Hall–Kier alpha value is -1.78. The van der Waals surface area contributed by atoms with E-state index in [9.17, 15) is 9.59 Å².